The summed E-state index contributed by atoms with van der Waals surface area (Å²) in [6, 6.07) is 0.436. The monoisotopic (exact) mass is 256 g/mol. The van der Waals surface area contributed by atoms with Crippen LogP contribution in [0.1, 0.15) is 38.5 Å². The van der Waals surface area contributed by atoms with Gasteiger partial charge in [0.15, 0.2) is 0 Å². The molecule has 2 fully saturated rings. The first kappa shape index (κ1) is 13.2. The van der Waals surface area contributed by atoms with E-state index in [4.69, 9.17) is 0 Å². The molecule has 0 aromatic carbocycles. The summed E-state index contributed by atoms with van der Waals surface area (Å²) in [5, 5.41) is 6.58. The standard InChI is InChI=1S/C13H24N2OS/c16-13(15-12-4-2-8-17-10-12)6-5-11-3-1-7-14-9-11/h11-12,14H,1-10H2,(H,15,16). The number of rotatable bonds is 4. The largest absolute Gasteiger partial charge is 0.353 e. The molecule has 2 aliphatic rings. The van der Waals surface area contributed by atoms with Gasteiger partial charge in [-0.3, -0.25) is 4.79 Å². The highest BCUT2D eigenvalue weighted by molar-refractivity contribution is 7.99. The van der Waals surface area contributed by atoms with E-state index in [-0.39, 0.29) is 5.91 Å². The predicted octanol–water partition coefficient (Wildman–Crippen LogP) is 1.78. The molecule has 4 heteroatoms. The first-order valence-electron chi connectivity index (χ1n) is 6.92. The Bertz CT molecular complexity index is 236. The van der Waals surface area contributed by atoms with Crippen molar-refractivity contribution in [3.8, 4) is 0 Å². The lowest BCUT2D eigenvalue weighted by Gasteiger charge is -2.24. The number of carbonyl (C=O) groups excluding carboxylic acids is 1. The van der Waals surface area contributed by atoms with Crippen LogP contribution in [0.25, 0.3) is 0 Å². The molecule has 0 saturated carbocycles. The van der Waals surface area contributed by atoms with Crippen LogP contribution in [-0.4, -0.2) is 36.5 Å². The van der Waals surface area contributed by atoms with Crippen LogP contribution in [0.2, 0.25) is 0 Å². The maximum Gasteiger partial charge on any atom is 0.220 e. The van der Waals surface area contributed by atoms with Gasteiger partial charge in [0, 0.05) is 18.2 Å². The summed E-state index contributed by atoms with van der Waals surface area (Å²) >= 11 is 1.97. The molecule has 0 bridgehead atoms. The fraction of sp³-hybridized carbons (Fsp3) is 0.923. The Morgan fingerprint density at radius 2 is 2.29 bits per heavy atom. The molecule has 0 aliphatic carbocycles. The number of carbonyl (C=O) groups is 1. The van der Waals surface area contributed by atoms with E-state index in [2.05, 4.69) is 10.6 Å². The van der Waals surface area contributed by atoms with Crippen LogP contribution in [0.15, 0.2) is 0 Å². The first-order chi connectivity index (χ1) is 8.34. The molecular formula is C13H24N2OS. The molecule has 2 N–H and O–H groups in total. The van der Waals surface area contributed by atoms with Gasteiger partial charge in [-0.2, -0.15) is 11.8 Å². The summed E-state index contributed by atoms with van der Waals surface area (Å²) in [6.45, 7) is 2.26. The van der Waals surface area contributed by atoms with Crippen LogP contribution < -0.4 is 10.6 Å². The molecule has 2 atom stereocenters. The molecule has 1 amide bonds. The first-order valence-corrected chi connectivity index (χ1v) is 8.08. The van der Waals surface area contributed by atoms with E-state index in [1.165, 1.54) is 31.4 Å². The van der Waals surface area contributed by atoms with E-state index in [0.29, 0.717) is 12.5 Å². The van der Waals surface area contributed by atoms with Crippen LogP contribution in [0, 0.1) is 5.92 Å². The molecule has 98 valence electrons. The Hall–Kier alpha value is -0.220. The Balaban J connectivity index is 1.59. The second-order valence-electron chi connectivity index (χ2n) is 5.23. The van der Waals surface area contributed by atoms with E-state index >= 15 is 0 Å². The van der Waals surface area contributed by atoms with Crippen molar-refractivity contribution >= 4 is 17.7 Å². The van der Waals surface area contributed by atoms with Crippen molar-refractivity contribution in [3.63, 3.8) is 0 Å². The van der Waals surface area contributed by atoms with Crippen LogP contribution in [0.3, 0.4) is 0 Å². The summed E-state index contributed by atoms with van der Waals surface area (Å²) in [5.74, 6) is 3.36. The van der Waals surface area contributed by atoms with Gasteiger partial charge in [0.2, 0.25) is 5.91 Å². The molecular weight excluding hydrogens is 232 g/mol. The summed E-state index contributed by atoms with van der Waals surface area (Å²) in [6.07, 6.45) is 6.75. The highest BCUT2D eigenvalue weighted by Gasteiger charge is 2.18. The molecule has 17 heavy (non-hydrogen) atoms. The van der Waals surface area contributed by atoms with E-state index in [0.717, 1.165) is 31.2 Å². The number of amides is 1. The number of hydrogen-bond donors (Lipinski definition) is 2. The number of nitrogens with one attached hydrogen (secondary N) is 2. The van der Waals surface area contributed by atoms with E-state index in [1.54, 1.807) is 0 Å². The molecule has 0 aromatic heterocycles. The summed E-state index contributed by atoms with van der Waals surface area (Å²) in [4.78, 5) is 11.8. The summed E-state index contributed by atoms with van der Waals surface area (Å²) < 4.78 is 0. The molecule has 3 nitrogen and oxygen atoms in total. The Morgan fingerprint density at radius 3 is 3.00 bits per heavy atom. The molecule has 2 unspecified atom stereocenters. The van der Waals surface area contributed by atoms with Crippen LogP contribution in [0.4, 0.5) is 0 Å². The lowest BCUT2D eigenvalue weighted by molar-refractivity contribution is -0.122. The molecule has 2 heterocycles. The van der Waals surface area contributed by atoms with Gasteiger partial charge in [0.25, 0.3) is 0 Å². The smallest absolute Gasteiger partial charge is 0.220 e. The van der Waals surface area contributed by atoms with Crippen molar-refractivity contribution in [3.05, 3.63) is 0 Å². The van der Waals surface area contributed by atoms with Crippen molar-refractivity contribution in [1.82, 2.24) is 10.6 Å². The maximum absolute atomic E-state index is 11.8. The van der Waals surface area contributed by atoms with Crippen molar-refractivity contribution in [2.24, 2.45) is 5.92 Å². The quantitative estimate of drug-likeness (QED) is 0.805. The van der Waals surface area contributed by atoms with Crippen LogP contribution >= 0.6 is 11.8 Å². The number of piperidine rings is 1. The molecule has 2 saturated heterocycles. The molecule has 2 aliphatic heterocycles. The van der Waals surface area contributed by atoms with Gasteiger partial charge in [-0.15, -0.1) is 0 Å². The van der Waals surface area contributed by atoms with Gasteiger partial charge in [-0.1, -0.05) is 0 Å². The fourth-order valence-corrected chi connectivity index (χ4v) is 3.73. The highest BCUT2D eigenvalue weighted by atomic mass is 32.2. The molecule has 0 radical (unpaired) electrons. The zero-order valence-corrected chi connectivity index (χ0v) is 11.4. The van der Waals surface area contributed by atoms with Gasteiger partial charge >= 0.3 is 0 Å². The second kappa shape index (κ2) is 7.27. The fourth-order valence-electron chi connectivity index (χ4n) is 2.66. The Morgan fingerprint density at radius 1 is 1.35 bits per heavy atom. The average molecular weight is 256 g/mol. The lowest BCUT2D eigenvalue weighted by Crippen LogP contribution is -2.38. The third-order valence-electron chi connectivity index (χ3n) is 3.70. The maximum atomic E-state index is 11.8. The SMILES string of the molecule is O=C(CCC1CCCNC1)NC1CCCSC1. The molecule has 2 rings (SSSR count). The van der Waals surface area contributed by atoms with Crippen molar-refractivity contribution in [2.45, 2.75) is 44.6 Å². The summed E-state index contributed by atoms with van der Waals surface area (Å²) in [5.41, 5.74) is 0. The minimum atomic E-state index is 0.267. The normalized spacial score (nSPS) is 29.9. The zero-order valence-electron chi connectivity index (χ0n) is 10.5. The van der Waals surface area contributed by atoms with Crippen LogP contribution in [0.5, 0.6) is 0 Å². The van der Waals surface area contributed by atoms with Gasteiger partial charge in [0.1, 0.15) is 0 Å². The van der Waals surface area contributed by atoms with Gasteiger partial charge < -0.3 is 10.6 Å². The minimum Gasteiger partial charge on any atom is -0.353 e. The minimum absolute atomic E-state index is 0.267. The average Bonchev–Trinajstić information content (AvgIpc) is 2.39. The van der Waals surface area contributed by atoms with Crippen LogP contribution in [-0.2, 0) is 4.79 Å². The third kappa shape index (κ3) is 4.88. The number of hydrogen-bond acceptors (Lipinski definition) is 3. The van der Waals surface area contributed by atoms with E-state index < -0.39 is 0 Å². The second-order valence-corrected chi connectivity index (χ2v) is 6.38. The van der Waals surface area contributed by atoms with Crippen molar-refractivity contribution in [2.75, 3.05) is 24.6 Å². The van der Waals surface area contributed by atoms with Gasteiger partial charge in [-0.05, 0) is 56.9 Å². The van der Waals surface area contributed by atoms with E-state index in [1.807, 2.05) is 11.8 Å². The lowest BCUT2D eigenvalue weighted by atomic mass is 9.94. The van der Waals surface area contributed by atoms with E-state index in [9.17, 15) is 4.79 Å². The Kier molecular flexibility index (Phi) is 5.65. The number of thioether (sulfide) groups is 1. The highest BCUT2D eigenvalue weighted by Crippen LogP contribution is 2.18. The molecule has 0 spiro atoms. The van der Waals surface area contributed by atoms with Gasteiger partial charge in [-0.25, -0.2) is 0 Å². The topological polar surface area (TPSA) is 41.1 Å². The van der Waals surface area contributed by atoms with Crippen molar-refractivity contribution in [1.29, 1.82) is 0 Å². The predicted molar refractivity (Wildman–Crippen MR) is 73.3 cm³/mol. The van der Waals surface area contributed by atoms with Crippen molar-refractivity contribution < 1.29 is 4.79 Å². The Labute approximate surface area is 108 Å². The third-order valence-corrected chi connectivity index (χ3v) is 4.92. The summed E-state index contributed by atoms with van der Waals surface area (Å²) in [7, 11) is 0. The molecule has 0 aromatic rings. The zero-order chi connectivity index (χ0) is 11.9. The van der Waals surface area contributed by atoms with Gasteiger partial charge in [0.05, 0.1) is 0 Å².